The van der Waals surface area contributed by atoms with E-state index in [-0.39, 0.29) is 0 Å². The zero-order valence-electron chi connectivity index (χ0n) is 10.8. The summed E-state index contributed by atoms with van der Waals surface area (Å²) < 4.78 is 0. The van der Waals surface area contributed by atoms with E-state index in [0.717, 1.165) is 12.6 Å². The molecule has 0 aliphatic carbocycles. The lowest BCUT2D eigenvalue weighted by atomic mass is 10.1. The standard InChI is InChI=1S/C13H29NS/c1-4-7-8-11-15-12-9-10-13(5-2)14-6-3/h13-14H,4-12H2,1-3H3. The van der Waals surface area contributed by atoms with Gasteiger partial charge in [-0.05, 0) is 43.7 Å². The lowest BCUT2D eigenvalue weighted by Gasteiger charge is -2.15. The van der Waals surface area contributed by atoms with Crippen LogP contribution in [0, 0.1) is 0 Å². The van der Waals surface area contributed by atoms with Crippen LogP contribution in [0.5, 0.6) is 0 Å². The van der Waals surface area contributed by atoms with Crippen molar-refractivity contribution in [2.24, 2.45) is 0 Å². The molecule has 0 saturated carbocycles. The molecule has 0 aromatic heterocycles. The fraction of sp³-hybridized carbons (Fsp3) is 1.00. The minimum atomic E-state index is 0.756. The molecule has 0 aliphatic heterocycles. The highest BCUT2D eigenvalue weighted by Gasteiger charge is 2.02. The van der Waals surface area contributed by atoms with Gasteiger partial charge in [-0.3, -0.25) is 0 Å². The molecule has 1 atom stereocenters. The quantitative estimate of drug-likeness (QED) is 0.538. The van der Waals surface area contributed by atoms with Gasteiger partial charge in [0.1, 0.15) is 0 Å². The van der Waals surface area contributed by atoms with Crippen LogP contribution in [0.2, 0.25) is 0 Å². The van der Waals surface area contributed by atoms with Crippen molar-refractivity contribution in [1.29, 1.82) is 0 Å². The molecule has 1 nitrogen and oxygen atoms in total. The van der Waals surface area contributed by atoms with Gasteiger partial charge in [0.25, 0.3) is 0 Å². The molecule has 0 aromatic rings. The molecule has 0 radical (unpaired) electrons. The number of rotatable bonds is 11. The van der Waals surface area contributed by atoms with Gasteiger partial charge in [-0.25, -0.2) is 0 Å². The van der Waals surface area contributed by atoms with E-state index in [1.807, 2.05) is 0 Å². The molecule has 0 heterocycles. The summed E-state index contributed by atoms with van der Waals surface area (Å²) in [6.45, 7) is 7.86. The van der Waals surface area contributed by atoms with Gasteiger partial charge in [0.2, 0.25) is 0 Å². The maximum absolute atomic E-state index is 3.53. The molecule has 0 amide bonds. The molecule has 1 unspecified atom stereocenters. The molecule has 0 bridgehead atoms. The van der Waals surface area contributed by atoms with Gasteiger partial charge in [0, 0.05) is 6.04 Å². The van der Waals surface area contributed by atoms with Crippen LogP contribution in [0.4, 0.5) is 0 Å². The zero-order valence-corrected chi connectivity index (χ0v) is 11.7. The summed E-state index contributed by atoms with van der Waals surface area (Å²) >= 11 is 2.14. The molecule has 0 fully saturated rings. The highest BCUT2D eigenvalue weighted by atomic mass is 32.2. The second kappa shape index (κ2) is 12.4. The summed E-state index contributed by atoms with van der Waals surface area (Å²) in [4.78, 5) is 0. The molecule has 1 N–H and O–H groups in total. The normalized spacial score (nSPS) is 13.0. The third kappa shape index (κ3) is 10.6. The molecule has 0 rings (SSSR count). The second-order valence-electron chi connectivity index (χ2n) is 4.12. The Labute approximate surface area is 101 Å². The molecular weight excluding hydrogens is 202 g/mol. The maximum atomic E-state index is 3.53. The molecule has 2 heteroatoms. The van der Waals surface area contributed by atoms with Crippen molar-refractivity contribution in [2.45, 2.75) is 65.3 Å². The van der Waals surface area contributed by atoms with Crippen LogP contribution in [-0.4, -0.2) is 24.1 Å². The molecule has 92 valence electrons. The smallest absolute Gasteiger partial charge is 0.00646 e. The Morgan fingerprint density at radius 1 is 1.00 bits per heavy atom. The van der Waals surface area contributed by atoms with Crippen molar-refractivity contribution in [1.82, 2.24) is 5.32 Å². The van der Waals surface area contributed by atoms with Crippen molar-refractivity contribution in [3.05, 3.63) is 0 Å². The number of unbranched alkanes of at least 4 members (excludes halogenated alkanes) is 2. The predicted octanol–water partition coefficient (Wildman–Crippen LogP) is 4.08. The van der Waals surface area contributed by atoms with E-state index in [9.17, 15) is 0 Å². The molecule has 15 heavy (non-hydrogen) atoms. The van der Waals surface area contributed by atoms with Crippen LogP contribution in [0.15, 0.2) is 0 Å². The van der Waals surface area contributed by atoms with Gasteiger partial charge in [0.15, 0.2) is 0 Å². The number of hydrogen-bond acceptors (Lipinski definition) is 2. The highest BCUT2D eigenvalue weighted by Crippen LogP contribution is 2.10. The average molecular weight is 231 g/mol. The van der Waals surface area contributed by atoms with Crippen molar-refractivity contribution in [3.8, 4) is 0 Å². The minimum absolute atomic E-state index is 0.756. The van der Waals surface area contributed by atoms with Crippen molar-refractivity contribution in [2.75, 3.05) is 18.1 Å². The Kier molecular flexibility index (Phi) is 12.6. The number of hydrogen-bond donors (Lipinski definition) is 1. The fourth-order valence-corrected chi connectivity index (χ4v) is 2.71. The van der Waals surface area contributed by atoms with E-state index in [0.29, 0.717) is 0 Å². The fourth-order valence-electron chi connectivity index (χ4n) is 1.73. The van der Waals surface area contributed by atoms with Crippen LogP contribution >= 0.6 is 11.8 Å². The van der Waals surface area contributed by atoms with Gasteiger partial charge < -0.3 is 5.32 Å². The zero-order chi connectivity index (χ0) is 11.4. The van der Waals surface area contributed by atoms with E-state index in [1.165, 1.54) is 50.0 Å². The monoisotopic (exact) mass is 231 g/mol. The van der Waals surface area contributed by atoms with E-state index >= 15 is 0 Å². The molecule has 0 aromatic carbocycles. The first-order valence-electron chi connectivity index (χ1n) is 6.66. The van der Waals surface area contributed by atoms with E-state index < -0.39 is 0 Å². The Bertz CT molecular complexity index is 117. The highest BCUT2D eigenvalue weighted by molar-refractivity contribution is 7.99. The molecular formula is C13H29NS. The van der Waals surface area contributed by atoms with Crippen molar-refractivity contribution in [3.63, 3.8) is 0 Å². The summed E-state index contributed by atoms with van der Waals surface area (Å²) in [7, 11) is 0. The van der Waals surface area contributed by atoms with Crippen LogP contribution in [-0.2, 0) is 0 Å². The van der Waals surface area contributed by atoms with Crippen LogP contribution in [0.1, 0.15) is 59.3 Å². The van der Waals surface area contributed by atoms with Gasteiger partial charge in [-0.1, -0.05) is 33.6 Å². The Morgan fingerprint density at radius 3 is 2.33 bits per heavy atom. The second-order valence-corrected chi connectivity index (χ2v) is 5.35. The van der Waals surface area contributed by atoms with E-state index in [1.54, 1.807) is 0 Å². The van der Waals surface area contributed by atoms with E-state index in [4.69, 9.17) is 0 Å². The Balaban J connectivity index is 3.14. The van der Waals surface area contributed by atoms with Crippen LogP contribution < -0.4 is 5.32 Å². The topological polar surface area (TPSA) is 12.0 Å². The van der Waals surface area contributed by atoms with Gasteiger partial charge in [-0.15, -0.1) is 0 Å². The number of thioether (sulfide) groups is 1. The lowest BCUT2D eigenvalue weighted by Crippen LogP contribution is -2.28. The SMILES string of the molecule is CCCCCSCCCC(CC)NCC. The first-order chi connectivity index (χ1) is 7.35. The Hall–Kier alpha value is 0.310. The van der Waals surface area contributed by atoms with E-state index in [2.05, 4.69) is 37.8 Å². The van der Waals surface area contributed by atoms with Crippen LogP contribution in [0.25, 0.3) is 0 Å². The van der Waals surface area contributed by atoms with Crippen LogP contribution in [0.3, 0.4) is 0 Å². The summed E-state index contributed by atoms with van der Waals surface area (Å²) in [5.74, 6) is 2.72. The third-order valence-electron chi connectivity index (χ3n) is 2.72. The first-order valence-corrected chi connectivity index (χ1v) is 7.81. The minimum Gasteiger partial charge on any atom is -0.314 e. The summed E-state index contributed by atoms with van der Waals surface area (Å²) in [5, 5.41) is 3.53. The van der Waals surface area contributed by atoms with Gasteiger partial charge in [0.05, 0.1) is 0 Å². The van der Waals surface area contributed by atoms with Gasteiger partial charge >= 0.3 is 0 Å². The summed E-state index contributed by atoms with van der Waals surface area (Å²) in [6.07, 6.45) is 8.16. The first kappa shape index (κ1) is 15.3. The van der Waals surface area contributed by atoms with Crippen molar-refractivity contribution < 1.29 is 0 Å². The third-order valence-corrected chi connectivity index (χ3v) is 3.87. The largest absolute Gasteiger partial charge is 0.314 e. The van der Waals surface area contributed by atoms with Gasteiger partial charge in [-0.2, -0.15) is 11.8 Å². The summed E-state index contributed by atoms with van der Waals surface area (Å²) in [5.41, 5.74) is 0. The Morgan fingerprint density at radius 2 is 1.73 bits per heavy atom. The van der Waals surface area contributed by atoms with Crippen molar-refractivity contribution >= 4 is 11.8 Å². The number of nitrogens with one attached hydrogen (secondary N) is 1. The average Bonchev–Trinajstić information content (AvgIpc) is 2.26. The molecule has 0 spiro atoms. The predicted molar refractivity (Wildman–Crippen MR) is 73.8 cm³/mol. The maximum Gasteiger partial charge on any atom is 0.00646 e. The molecule has 0 saturated heterocycles. The lowest BCUT2D eigenvalue weighted by molar-refractivity contribution is 0.477. The molecule has 0 aliphatic rings. The summed E-state index contributed by atoms with van der Waals surface area (Å²) in [6, 6.07) is 0.756.